The van der Waals surface area contributed by atoms with E-state index >= 15 is 0 Å². The quantitative estimate of drug-likeness (QED) is 0.569. The summed E-state index contributed by atoms with van der Waals surface area (Å²) in [5.41, 5.74) is 1.60. The molecule has 7 heteroatoms. The van der Waals surface area contributed by atoms with Gasteiger partial charge in [-0.05, 0) is 42.5 Å². The van der Waals surface area contributed by atoms with E-state index < -0.39 is 0 Å². The van der Waals surface area contributed by atoms with E-state index in [1.54, 1.807) is 54.6 Å². The van der Waals surface area contributed by atoms with E-state index in [0.29, 0.717) is 37.8 Å². The van der Waals surface area contributed by atoms with Gasteiger partial charge >= 0.3 is 0 Å². The van der Waals surface area contributed by atoms with Crippen LogP contribution in [-0.2, 0) is 0 Å². The summed E-state index contributed by atoms with van der Waals surface area (Å²) in [7, 11) is 0. The minimum atomic E-state index is -0.265. The number of hydrogen-bond donors (Lipinski definition) is 2. The third-order valence-electron chi connectivity index (χ3n) is 3.32. The van der Waals surface area contributed by atoms with Gasteiger partial charge in [0, 0.05) is 10.6 Å². The number of nitrogens with zero attached hydrogens (tertiary/aromatic N) is 1. The molecule has 3 aromatic rings. The summed E-state index contributed by atoms with van der Waals surface area (Å²) in [6.45, 7) is 0. The number of anilines is 3. The predicted molar refractivity (Wildman–Crippen MR) is 103 cm³/mol. The Labute approximate surface area is 159 Å². The minimum absolute atomic E-state index is 0.265. The van der Waals surface area contributed by atoms with Crippen molar-refractivity contribution in [3.63, 3.8) is 0 Å². The van der Waals surface area contributed by atoms with E-state index in [4.69, 9.17) is 34.8 Å². The highest BCUT2D eigenvalue weighted by molar-refractivity contribution is 6.39. The van der Waals surface area contributed by atoms with Gasteiger partial charge in [-0.15, -0.1) is 0 Å². The van der Waals surface area contributed by atoms with Crippen molar-refractivity contribution in [3.05, 3.63) is 81.4 Å². The first-order chi connectivity index (χ1) is 12.0. The smallest absolute Gasteiger partial charge is 0.255 e. The molecule has 1 aromatic heterocycles. The van der Waals surface area contributed by atoms with Gasteiger partial charge < -0.3 is 10.6 Å². The first-order valence-electron chi connectivity index (χ1n) is 7.27. The minimum Gasteiger partial charge on any atom is -0.338 e. The summed E-state index contributed by atoms with van der Waals surface area (Å²) < 4.78 is 0. The maximum absolute atomic E-state index is 12.2. The molecule has 0 fully saturated rings. The van der Waals surface area contributed by atoms with E-state index in [1.165, 1.54) is 6.20 Å². The first kappa shape index (κ1) is 17.5. The zero-order valence-corrected chi connectivity index (χ0v) is 15.0. The highest BCUT2D eigenvalue weighted by Gasteiger charge is 2.08. The molecule has 2 aromatic carbocycles. The summed E-state index contributed by atoms with van der Waals surface area (Å²) in [5, 5.41) is 7.30. The molecule has 0 aliphatic carbocycles. The van der Waals surface area contributed by atoms with Crippen molar-refractivity contribution in [3.8, 4) is 0 Å². The number of amides is 1. The Morgan fingerprint density at radius 3 is 2.28 bits per heavy atom. The molecule has 126 valence electrons. The highest BCUT2D eigenvalue weighted by Crippen LogP contribution is 2.32. The molecule has 0 saturated carbocycles. The number of aromatic nitrogens is 1. The fourth-order valence-electron chi connectivity index (χ4n) is 2.12. The van der Waals surface area contributed by atoms with Gasteiger partial charge in [-0.25, -0.2) is 4.98 Å². The van der Waals surface area contributed by atoms with Crippen molar-refractivity contribution in [1.29, 1.82) is 0 Å². The zero-order valence-electron chi connectivity index (χ0n) is 12.8. The van der Waals surface area contributed by atoms with Crippen LogP contribution < -0.4 is 10.6 Å². The fraction of sp³-hybridized carbons (Fsp3) is 0. The molecule has 3 rings (SSSR count). The second-order valence-electron chi connectivity index (χ2n) is 5.12. The molecule has 0 atom stereocenters. The van der Waals surface area contributed by atoms with Crippen molar-refractivity contribution in [2.45, 2.75) is 0 Å². The Bertz CT molecular complexity index is 893. The number of carbonyl (C=O) groups excluding carboxylic acids is 1. The lowest BCUT2D eigenvalue weighted by molar-refractivity contribution is 0.102. The maximum Gasteiger partial charge on any atom is 0.255 e. The monoisotopic (exact) mass is 391 g/mol. The van der Waals surface area contributed by atoms with Crippen LogP contribution >= 0.6 is 34.8 Å². The lowest BCUT2D eigenvalue weighted by atomic mass is 10.2. The summed E-state index contributed by atoms with van der Waals surface area (Å²) in [5.74, 6) is 0.287. The van der Waals surface area contributed by atoms with Crippen molar-refractivity contribution < 1.29 is 4.79 Å². The van der Waals surface area contributed by atoms with Gasteiger partial charge in [-0.1, -0.05) is 46.9 Å². The average molecular weight is 393 g/mol. The Hall–Kier alpha value is -2.27. The molecule has 0 bridgehead atoms. The number of halogens is 3. The van der Waals surface area contributed by atoms with Gasteiger partial charge in [0.1, 0.15) is 5.82 Å². The number of rotatable bonds is 4. The molecule has 0 spiro atoms. The highest BCUT2D eigenvalue weighted by atomic mass is 35.5. The molecule has 0 aliphatic rings. The lowest BCUT2D eigenvalue weighted by Gasteiger charge is -2.10. The Kier molecular flexibility index (Phi) is 5.43. The van der Waals surface area contributed by atoms with Crippen molar-refractivity contribution in [2.75, 3.05) is 10.6 Å². The van der Waals surface area contributed by atoms with Gasteiger partial charge in [-0.3, -0.25) is 4.79 Å². The molecule has 1 heterocycles. The van der Waals surface area contributed by atoms with Crippen LogP contribution in [0, 0.1) is 0 Å². The van der Waals surface area contributed by atoms with Gasteiger partial charge in [-0.2, -0.15) is 0 Å². The van der Waals surface area contributed by atoms with E-state index in [1.807, 2.05) is 0 Å². The van der Waals surface area contributed by atoms with Crippen molar-refractivity contribution in [2.24, 2.45) is 0 Å². The van der Waals surface area contributed by atoms with Crippen LogP contribution in [0.2, 0.25) is 15.1 Å². The van der Waals surface area contributed by atoms with E-state index in [0.717, 1.165) is 0 Å². The average Bonchev–Trinajstić information content (AvgIpc) is 2.60. The number of hydrogen-bond acceptors (Lipinski definition) is 3. The normalized spacial score (nSPS) is 10.4. The molecule has 0 saturated heterocycles. The number of para-hydroxylation sites is 1. The molecule has 25 heavy (non-hydrogen) atoms. The van der Waals surface area contributed by atoms with Crippen molar-refractivity contribution >= 4 is 57.9 Å². The van der Waals surface area contributed by atoms with Crippen LogP contribution in [-0.4, -0.2) is 10.9 Å². The number of carbonyl (C=O) groups is 1. The Morgan fingerprint density at radius 1 is 0.920 bits per heavy atom. The van der Waals surface area contributed by atoms with Gasteiger partial charge in [0.2, 0.25) is 0 Å². The largest absolute Gasteiger partial charge is 0.338 e. The summed E-state index contributed by atoms with van der Waals surface area (Å²) in [6, 6.07) is 15.4. The van der Waals surface area contributed by atoms with E-state index in [9.17, 15) is 4.79 Å². The predicted octanol–water partition coefficient (Wildman–Crippen LogP) is 6.04. The van der Waals surface area contributed by atoms with Crippen LogP contribution in [0.25, 0.3) is 0 Å². The van der Waals surface area contributed by atoms with Crippen LogP contribution in [0.3, 0.4) is 0 Å². The molecule has 1 amide bonds. The molecule has 0 unspecified atom stereocenters. The second kappa shape index (κ2) is 7.74. The lowest BCUT2D eigenvalue weighted by Crippen LogP contribution is -2.12. The Balaban J connectivity index is 1.71. The zero-order chi connectivity index (χ0) is 17.8. The molecular weight excluding hydrogens is 381 g/mol. The van der Waals surface area contributed by atoms with Gasteiger partial charge in [0.15, 0.2) is 0 Å². The second-order valence-corrected chi connectivity index (χ2v) is 6.37. The van der Waals surface area contributed by atoms with Crippen LogP contribution in [0.1, 0.15) is 10.4 Å². The fourth-order valence-corrected chi connectivity index (χ4v) is 2.80. The van der Waals surface area contributed by atoms with Crippen LogP contribution in [0.4, 0.5) is 17.2 Å². The third kappa shape index (κ3) is 4.42. The topological polar surface area (TPSA) is 54.0 Å². The van der Waals surface area contributed by atoms with Gasteiger partial charge in [0.05, 0.1) is 27.6 Å². The standard InChI is InChI=1S/C18H12Cl3N3O/c19-12-4-1-3-11(9-12)18(25)23-13-7-8-16(22-10-13)24-17-14(20)5-2-6-15(17)21/h1-10H,(H,22,24)(H,23,25). The summed E-state index contributed by atoms with van der Waals surface area (Å²) in [6.07, 6.45) is 1.54. The molecule has 4 nitrogen and oxygen atoms in total. The number of nitrogens with one attached hydrogen (secondary N) is 2. The van der Waals surface area contributed by atoms with Crippen LogP contribution in [0.15, 0.2) is 60.8 Å². The molecule has 2 N–H and O–H groups in total. The third-order valence-corrected chi connectivity index (χ3v) is 4.19. The maximum atomic E-state index is 12.2. The number of benzene rings is 2. The Morgan fingerprint density at radius 2 is 1.64 bits per heavy atom. The summed E-state index contributed by atoms with van der Waals surface area (Å²) in [4.78, 5) is 16.4. The van der Waals surface area contributed by atoms with E-state index in [-0.39, 0.29) is 5.91 Å². The summed E-state index contributed by atoms with van der Waals surface area (Å²) >= 11 is 18.1. The number of pyridine rings is 1. The first-order valence-corrected chi connectivity index (χ1v) is 8.40. The van der Waals surface area contributed by atoms with Gasteiger partial charge in [0.25, 0.3) is 5.91 Å². The molecular formula is C18H12Cl3N3O. The molecule has 0 radical (unpaired) electrons. The van der Waals surface area contributed by atoms with Crippen LogP contribution in [0.5, 0.6) is 0 Å². The molecule has 0 aliphatic heterocycles. The SMILES string of the molecule is O=C(Nc1ccc(Nc2c(Cl)cccc2Cl)nc1)c1cccc(Cl)c1. The van der Waals surface area contributed by atoms with E-state index in [2.05, 4.69) is 15.6 Å². The van der Waals surface area contributed by atoms with Crippen molar-refractivity contribution in [1.82, 2.24) is 4.98 Å².